The first kappa shape index (κ1) is 17.1. The minimum absolute atomic E-state index is 0.0420. The molecule has 4 heteroatoms. The van der Waals surface area contributed by atoms with Gasteiger partial charge in [0.15, 0.2) is 0 Å². The van der Waals surface area contributed by atoms with Crippen LogP contribution in [-0.4, -0.2) is 25.5 Å². The van der Waals surface area contributed by atoms with Crippen molar-refractivity contribution < 1.29 is 9.21 Å². The second kappa shape index (κ2) is 7.86. The molecule has 2 aromatic rings. The highest BCUT2D eigenvalue weighted by Gasteiger charge is 2.17. The SMILES string of the molecule is CCN(CCCNC(=O)c1c(C)oc(C)c1C)c1ccccc1. The van der Waals surface area contributed by atoms with Crippen LogP contribution in [0.15, 0.2) is 34.7 Å². The highest BCUT2D eigenvalue weighted by Crippen LogP contribution is 2.20. The zero-order valence-corrected chi connectivity index (χ0v) is 14.5. The van der Waals surface area contributed by atoms with Crippen LogP contribution in [-0.2, 0) is 0 Å². The number of rotatable bonds is 7. The van der Waals surface area contributed by atoms with Crippen molar-refractivity contribution in [2.75, 3.05) is 24.5 Å². The van der Waals surface area contributed by atoms with Gasteiger partial charge < -0.3 is 14.6 Å². The van der Waals surface area contributed by atoms with Crippen LogP contribution in [0.2, 0.25) is 0 Å². The lowest BCUT2D eigenvalue weighted by molar-refractivity contribution is 0.0951. The Hall–Kier alpha value is -2.23. The van der Waals surface area contributed by atoms with E-state index in [9.17, 15) is 4.79 Å². The number of nitrogens with zero attached hydrogens (tertiary/aromatic N) is 1. The lowest BCUT2D eigenvalue weighted by Crippen LogP contribution is -2.30. The third kappa shape index (κ3) is 4.15. The van der Waals surface area contributed by atoms with Crippen LogP contribution < -0.4 is 10.2 Å². The Kier molecular flexibility index (Phi) is 5.85. The van der Waals surface area contributed by atoms with Crippen LogP contribution in [0.1, 0.15) is 40.8 Å². The van der Waals surface area contributed by atoms with Crippen molar-refractivity contribution in [2.45, 2.75) is 34.1 Å². The second-order valence-electron chi connectivity index (χ2n) is 5.74. The first-order valence-corrected chi connectivity index (χ1v) is 8.19. The number of amides is 1. The molecule has 1 aromatic carbocycles. The molecule has 2 rings (SSSR count). The largest absolute Gasteiger partial charge is 0.466 e. The van der Waals surface area contributed by atoms with Crippen LogP contribution in [0.5, 0.6) is 0 Å². The molecule has 0 fully saturated rings. The van der Waals surface area contributed by atoms with Gasteiger partial charge in [-0.1, -0.05) is 18.2 Å². The molecule has 0 atom stereocenters. The summed E-state index contributed by atoms with van der Waals surface area (Å²) in [7, 11) is 0. The molecule has 0 saturated heterocycles. The molecule has 0 unspecified atom stereocenters. The van der Waals surface area contributed by atoms with Crippen molar-refractivity contribution in [3.63, 3.8) is 0 Å². The molecule has 0 aliphatic carbocycles. The normalized spacial score (nSPS) is 10.6. The third-order valence-electron chi connectivity index (χ3n) is 4.18. The first-order chi connectivity index (χ1) is 11.0. The average molecular weight is 314 g/mol. The maximum atomic E-state index is 12.3. The van der Waals surface area contributed by atoms with E-state index in [-0.39, 0.29) is 5.91 Å². The summed E-state index contributed by atoms with van der Waals surface area (Å²) in [5.74, 6) is 1.46. The lowest BCUT2D eigenvalue weighted by atomic mass is 10.1. The number of furan rings is 1. The predicted octanol–water partition coefficient (Wildman–Crippen LogP) is 3.85. The molecular weight excluding hydrogens is 288 g/mol. The van der Waals surface area contributed by atoms with Crippen LogP contribution in [0.4, 0.5) is 5.69 Å². The maximum Gasteiger partial charge on any atom is 0.255 e. The van der Waals surface area contributed by atoms with Gasteiger partial charge >= 0.3 is 0 Å². The Morgan fingerprint density at radius 1 is 1.13 bits per heavy atom. The summed E-state index contributed by atoms with van der Waals surface area (Å²) >= 11 is 0. The standard InChI is InChI=1S/C19H26N2O2/c1-5-21(17-10-7-6-8-11-17)13-9-12-20-19(22)18-14(2)15(3)23-16(18)4/h6-8,10-11H,5,9,12-13H2,1-4H3,(H,20,22). The van der Waals surface area contributed by atoms with E-state index >= 15 is 0 Å². The van der Waals surface area contributed by atoms with Crippen LogP contribution in [0.25, 0.3) is 0 Å². The van der Waals surface area contributed by atoms with Crippen molar-refractivity contribution >= 4 is 11.6 Å². The van der Waals surface area contributed by atoms with Gasteiger partial charge in [0.1, 0.15) is 11.5 Å². The third-order valence-corrected chi connectivity index (χ3v) is 4.18. The average Bonchev–Trinajstić information content (AvgIpc) is 2.81. The summed E-state index contributed by atoms with van der Waals surface area (Å²) in [6, 6.07) is 10.3. The Morgan fingerprint density at radius 3 is 2.39 bits per heavy atom. The van der Waals surface area contributed by atoms with Gasteiger partial charge in [-0.25, -0.2) is 0 Å². The van der Waals surface area contributed by atoms with Gasteiger partial charge in [0, 0.05) is 30.9 Å². The molecule has 1 N–H and O–H groups in total. The second-order valence-corrected chi connectivity index (χ2v) is 5.74. The number of aryl methyl sites for hydroxylation is 2. The van der Waals surface area contributed by atoms with E-state index in [4.69, 9.17) is 4.42 Å². The number of carbonyl (C=O) groups excluding carboxylic acids is 1. The number of benzene rings is 1. The van der Waals surface area contributed by atoms with E-state index in [0.717, 1.165) is 30.8 Å². The van der Waals surface area contributed by atoms with Gasteiger partial charge in [0.25, 0.3) is 5.91 Å². The van der Waals surface area contributed by atoms with Crippen molar-refractivity contribution in [2.24, 2.45) is 0 Å². The molecule has 1 amide bonds. The van der Waals surface area contributed by atoms with Crippen molar-refractivity contribution in [3.8, 4) is 0 Å². The topological polar surface area (TPSA) is 45.5 Å². The molecule has 23 heavy (non-hydrogen) atoms. The summed E-state index contributed by atoms with van der Waals surface area (Å²) in [6.07, 6.45) is 0.906. The fourth-order valence-electron chi connectivity index (χ4n) is 2.80. The Labute approximate surface area is 138 Å². The molecule has 124 valence electrons. The van der Waals surface area contributed by atoms with E-state index in [1.54, 1.807) is 0 Å². The fourth-order valence-corrected chi connectivity index (χ4v) is 2.80. The monoisotopic (exact) mass is 314 g/mol. The smallest absolute Gasteiger partial charge is 0.255 e. The molecule has 4 nitrogen and oxygen atoms in total. The minimum atomic E-state index is -0.0420. The van der Waals surface area contributed by atoms with Crippen molar-refractivity contribution in [1.29, 1.82) is 0 Å². The van der Waals surface area contributed by atoms with Crippen molar-refractivity contribution in [3.05, 3.63) is 53.0 Å². The molecule has 0 aliphatic rings. The zero-order chi connectivity index (χ0) is 16.8. The molecule has 0 saturated carbocycles. The number of anilines is 1. The van der Waals surface area contributed by atoms with Gasteiger partial charge in [0.2, 0.25) is 0 Å². The number of hydrogen-bond donors (Lipinski definition) is 1. The predicted molar refractivity (Wildman–Crippen MR) is 94.2 cm³/mol. The molecule has 0 bridgehead atoms. The lowest BCUT2D eigenvalue weighted by Gasteiger charge is -2.23. The quantitative estimate of drug-likeness (QED) is 0.790. The molecule has 1 aromatic heterocycles. The van der Waals surface area contributed by atoms with E-state index < -0.39 is 0 Å². The highest BCUT2D eigenvalue weighted by molar-refractivity contribution is 5.96. The summed E-state index contributed by atoms with van der Waals surface area (Å²) in [5.41, 5.74) is 2.83. The van der Waals surface area contributed by atoms with Gasteiger partial charge in [-0.3, -0.25) is 4.79 Å². The summed E-state index contributed by atoms with van der Waals surface area (Å²) < 4.78 is 5.52. The maximum absolute atomic E-state index is 12.3. The van der Waals surface area contributed by atoms with Crippen LogP contribution in [0, 0.1) is 20.8 Å². The minimum Gasteiger partial charge on any atom is -0.466 e. The van der Waals surface area contributed by atoms with Crippen molar-refractivity contribution in [1.82, 2.24) is 5.32 Å². The first-order valence-electron chi connectivity index (χ1n) is 8.19. The Morgan fingerprint density at radius 2 is 1.83 bits per heavy atom. The zero-order valence-electron chi connectivity index (χ0n) is 14.5. The van der Waals surface area contributed by atoms with E-state index in [1.807, 2.05) is 39.0 Å². The number of nitrogens with one attached hydrogen (secondary N) is 1. The van der Waals surface area contributed by atoms with Gasteiger partial charge in [-0.2, -0.15) is 0 Å². The van der Waals surface area contributed by atoms with Gasteiger partial charge in [0.05, 0.1) is 5.56 Å². The molecular formula is C19H26N2O2. The number of hydrogen-bond acceptors (Lipinski definition) is 3. The summed E-state index contributed by atoms with van der Waals surface area (Å²) in [6.45, 7) is 10.3. The van der Waals surface area contributed by atoms with E-state index in [1.165, 1.54) is 5.69 Å². The van der Waals surface area contributed by atoms with E-state index in [2.05, 4.69) is 29.3 Å². The Bertz CT molecular complexity index is 647. The van der Waals surface area contributed by atoms with Gasteiger partial charge in [-0.15, -0.1) is 0 Å². The number of para-hydroxylation sites is 1. The van der Waals surface area contributed by atoms with E-state index in [0.29, 0.717) is 17.9 Å². The molecule has 0 radical (unpaired) electrons. The number of carbonyl (C=O) groups is 1. The van der Waals surface area contributed by atoms with Crippen LogP contribution >= 0.6 is 0 Å². The molecule has 0 aliphatic heterocycles. The Balaban J connectivity index is 1.84. The summed E-state index contributed by atoms with van der Waals surface area (Å²) in [5, 5.41) is 3.00. The fraction of sp³-hybridized carbons (Fsp3) is 0.421. The highest BCUT2D eigenvalue weighted by atomic mass is 16.3. The molecule has 0 spiro atoms. The summed E-state index contributed by atoms with van der Waals surface area (Å²) in [4.78, 5) is 14.6. The molecule has 1 heterocycles. The van der Waals surface area contributed by atoms with Crippen LogP contribution in [0.3, 0.4) is 0 Å². The van der Waals surface area contributed by atoms with Gasteiger partial charge in [-0.05, 0) is 46.2 Å².